The van der Waals surface area contributed by atoms with Crippen LogP contribution in [0, 0.1) is 10.7 Å². The molecule has 1 aromatic carbocycles. The maximum absolute atomic E-state index is 7.13. The second-order valence-electron chi connectivity index (χ2n) is 3.73. The average molecular weight is 465 g/mol. The standard InChI is InChI=1S/C12H10N2.CHNS.3ClH.Sn/c1-3-9-5-6-10-4-2-8-14-12(10)11(9)13-7-1;2-1-3;;;;/h1-6H,7-8H2;3H;3*1H;/q-2;;;;;+3/p-4. The summed E-state index contributed by atoms with van der Waals surface area (Å²) in [5, 5.41) is 17.5. The summed E-state index contributed by atoms with van der Waals surface area (Å²) in [6, 6.07) is 4.22. The molecule has 0 saturated carbocycles. The molecule has 0 aromatic heterocycles. The molecular formula is C13H10Cl3N3SSn-3. The number of rotatable bonds is 0. The second-order valence-corrected chi connectivity index (χ2v) is 16.6. The number of thiocyanates is 1. The summed E-state index contributed by atoms with van der Waals surface area (Å²) < 4.78 is 0. The minimum atomic E-state index is -2.13. The van der Waals surface area contributed by atoms with Gasteiger partial charge in [0, 0.05) is 0 Å². The van der Waals surface area contributed by atoms with Gasteiger partial charge in [-0.3, -0.25) is 0 Å². The van der Waals surface area contributed by atoms with Crippen LogP contribution in [0.25, 0.3) is 22.8 Å². The van der Waals surface area contributed by atoms with Crippen LogP contribution in [-0.4, -0.2) is 29.5 Å². The van der Waals surface area contributed by atoms with Crippen molar-refractivity contribution in [2.24, 2.45) is 0 Å². The van der Waals surface area contributed by atoms with Crippen LogP contribution in [-0.2, 0) is 12.6 Å². The van der Waals surface area contributed by atoms with Crippen molar-refractivity contribution in [1.82, 2.24) is 0 Å². The Morgan fingerprint density at radius 2 is 1.33 bits per heavy atom. The number of nitriles is 1. The molecule has 2 heterocycles. The molecule has 3 rings (SSSR count). The summed E-state index contributed by atoms with van der Waals surface area (Å²) in [5.41, 5.74) is 4.51. The Kier molecular flexibility index (Phi) is 9.29. The average Bonchev–Trinajstić information content (AvgIpc) is 2.47. The predicted octanol–water partition coefficient (Wildman–Crippen LogP) is 5.45. The zero-order valence-corrected chi connectivity index (χ0v) is 16.7. The van der Waals surface area contributed by atoms with Crippen LogP contribution in [0.5, 0.6) is 0 Å². The first-order valence-corrected chi connectivity index (χ1v) is 17.0. The summed E-state index contributed by atoms with van der Waals surface area (Å²) in [5.74, 6) is 0. The van der Waals surface area contributed by atoms with Crippen molar-refractivity contribution in [3.63, 3.8) is 0 Å². The van der Waals surface area contributed by atoms with Gasteiger partial charge < -0.3 is 23.3 Å². The number of fused-ring (bicyclic) bond motifs is 3. The molecule has 0 saturated heterocycles. The van der Waals surface area contributed by atoms with Crippen LogP contribution < -0.4 is 0 Å². The molecule has 2 aliphatic heterocycles. The molecule has 0 unspecified atom stereocenters. The fourth-order valence-electron chi connectivity index (χ4n) is 1.86. The van der Waals surface area contributed by atoms with Crippen molar-refractivity contribution in [2.75, 3.05) is 13.1 Å². The van der Waals surface area contributed by atoms with Crippen LogP contribution in [0.15, 0.2) is 24.3 Å². The van der Waals surface area contributed by atoms with Crippen molar-refractivity contribution in [1.29, 1.82) is 5.26 Å². The summed E-state index contributed by atoms with van der Waals surface area (Å²) in [6.45, 7) is 1.56. The molecule has 1 aromatic rings. The van der Waals surface area contributed by atoms with Crippen molar-refractivity contribution in [3.05, 3.63) is 46.0 Å². The Hall–Kier alpha value is -0.321. The topological polar surface area (TPSA) is 52.0 Å². The predicted molar refractivity (Wildman–Crippen MR) is 96.6 cm³/mol. The molecule has 0 spiro atoms. The van der Waals surface area contributed by atoms with Gasteiger partial charge in [-0.2, -0.15) is 0 Å². The quantitative estimate of drug-likeness (QED) is 0.291. The van der Waals surface area contributed by atoms with Gasteiger partial charge in [0.2, 0.25) is 0 Å². The van der Waals surface area contributed by atoms with E-state index in [4.69, 9.17) is 32.0 Å². The fourth-order valence-corrected chi connectivity index (χ4v) is 1.86. The molecule has 2 aliphatic rings. The molecule has 0 bridgehead atoms. The molecule has 3 nitrogen and oxygen atoms in total. The molecule has 111 valence electrons. The third-order valence-corrected chi connectivity index (χ3v) is 2.52. The molecule has 0 aliphatic carbocycles. The number of benzene rings is 1. The molecule has 8 heteroatoms. The minimum absolute atomic E-state index is 0.780. The summed E-state index contributed by atoms with van der Waals surface area (Å²) >= 11 is 1.57. The maximum atomic E-state index is 7.13. The molecular weight excluding hydrogens is 455 g/mol. The van der Waals surface area contributed by atoms with Gasteiger partial charge in [-0.15, -0.1) is 36.6 Å². The van der Waals surface area contributed by atoms with Gasteiger partial charge >= 0.3 is 43.1 Å². The zero-order valence-electron chi connectivity index (χ0n) is 10.8. The van der Waals surface area contributed by atoms with E-state index in [9.17, 15) is 0 Å². The number of hydrogen-bond acceptors (Lipinski definition) is 2. The van der Waals surface area contributed by atoms with E-state index in [0.29, 0.717) is 0 Å². The van der Waals surface area contributed by atoms with Gasteiger partial charge in [0.1, 0.15) is 0 Å². The van der Waals surface area contributed by atoms with E-state index in [2.05, 4.69) is 59.7 Å². The van der Waals surface area contributed by atoms with Crippen LogP contribution in [0.3, 0.4) is 0 Å². The SMILES string of the molecule is C1=Cc2ccc3c(c2[N-]C1)[N-]CC=C3.N#C[S-].[Cl][Sn]([Cl])[Cl]. The van der Waals surface area contributed by atoms with Gasteiger partial charge in [0.15, 0.2) is 0 Å². The van der Waals surface area contributed by atoms with Crippen LogP contribution in [0.2, 0.25) is 0 Å². The monoisotopic (exact) mass is 465 g/mol. The van der Waals surface area contributed by atoms with Gasteiger partial charge in [0.05, 0.1) is 0 Å². The van der Waals surface area contributed by atoms with Crippen LogP contribution in [0.1, 0.15) is 11.1 Å². The Bertz CT molecular complexity index is 527. The van der Waals surface area contributed by atoms with E-state index in [1.54, 1.807) is 0 Å². The van der Waals surface area contributed by atoms with E-state index in [0.717, 1.165) is 24.5 Å². The third-order valence-electron chi connectivity index (χ3n) is 2.52. The molecule has 0 fully saturated rings. The molecule has 0 amide bonds. The third kappa shape index (κ3) is 6.53. The molecule has 0 atom stereocenters. The van der Waals surface area contributed by atoms with Gasteiger partial charge in [0.25, 0.3) is 0 Å². The first kappa shape index (κ1) is 18.7. The van der Waals surface area contributed by atoms with Crippen LogP contribution in [0.4, 0.5) is 11.4 Å². The number of hydrogen-bond donors (Lipinski definition) is 0. The van der Waals surface area contributed by atoms with E-state index in [-0.39, 0.29) is 0 Å². The van der Waals surface area contributed by atoms with E-state index in [1.165, 1.54) is 16.5 Å². The van der Waals surface area contributed by atoms with Gasteiger partial charge in [-0.1, -0.05) is 29.7 Å². The zero-order chi connectivity index (χ0) is 15.7. The Morgan fingerprint density at radius 3 is 1.67 bits per heavy atom. The number of nitrogens with zero attached hydrogens (tertiary/aromatic N) is 3. The molecule has 21 heavy (non-hydrogen) atoms. The van der Waals surface area contributed by atoms with Gasteiger partial charge in [-0.05, 0) is 11.1 Å². The Balaban J connectivity index is 0.000000270. The van der Waals surface area contributed by atoms with E-state index < -0.39 is 16.4 Å². The molecule has 1 radical (unpaired) electrons. The Morgan fingerprint density at radius 1 is 1.00 bits per heavy atom. The van der Waals surface area contributed by atoms with Crippen molar-refractivity contribution < 1.29 is 0 Å². The Labute approximate surface area is 148 Å². The first-order chi connectivity index (χ1) is 10.1. The fraction of sp³-hybridized carbons (Fsp3) is 0.154. The second kappa shape index (κ2) is 10.4. The summed E-state index contributed by atoms with van der Waals surface area (Å²) in [4.78, 5) is 0. The van der Waals surface area contributed by atoms with Gasteiger partial charge in [-0.25, -0.2) is 5.26 Å². The van der Waals surface area contributed by atoms with Crippen LogP contribution >= 0.6 is 26.8 Å². The van der Waals surface area contributed by atoms with Crippen molar-refractivity contribution >= 4 is 79.3 Å². The normalized spacial score (nSPS) is 13.1. The summed E-state index contributed by atoms with van der Waals surface area (Å²) in [7, 11) is 15.0. The molecule has 0 N–H and O–H groups in total. The van der Waals surface area contributed by atoms with Crippen molar-refractivity contribution in [2.45, 2.75) is 0 Å². The summed E-state index contributed by atoms with van der Waals surface area (Å²) in [6.07, 6.45) is 8.40. The number of halogens is 3. The van der Waals surface area contributed by atoms with E-state index >= 15 is 0 Å². The first-order valence-electron chi connectivity index (χ1n) is 5.80. The van der Waals surface area contributed by atoms with Crippen molar-refractivity contribution in [3.8, 4) is 5.40 Å². The van der Waals surface area contributed by atoms with E-state index in [1.807, 2.05) is 0 Å².